The molecular weight excluding hydrogens is 243 g/mol. The van der Waals surface area contributed by atoms with Crippen LogP contribution in [0.4, 0.5) is 19.1 Å². The topological polar surface area (TPSA) is 43.8 Å². The van der Waals surface area contributed by atoms with Gasteiger partial charge in [0.05, 0.1) is 16.1 Å². The molecule has 86 valence electrons. The molecule has 2 N–H and O–H groups in total. The van der Waals surface area contributed by atoms with Crippen LogP contribution < -0.4 is 5.73 Å². The quantitative estimate of drug-likeness (QED) is 0.845. The molecule has 1 heterocycles. The van der Waals surface area contributed by atoms with Crippen molar-refractivity contribution in [1.29, 1.82) is 0 Å². The van der Waals surface area contributed by atoms with Gasteiger partial charge in [-0.05, 0) is 12.1 Å². The van der Waals surface area contributed by atoms with Crippen LogP contribution in [0.3, 0.4) is 0 Å². The summed E-state index contributed by atoms with van der Waals surface area (Å²) in [6.45, 7) is -1.20. The van der Waals surface area contributed by atoms with Gasteiger partial charge in [0.15, 0.2) is 0 Å². The van der Waals surface area contributed by atoms with Crippen molar-refractivity contribution in [2.45, 2.75) is 12.7 Å². The molecule has 1 aromatic heterocycles. The number of imidazole rings is 1. The third kappa shape index (κ3) is 1.92. The molecule has 0 unspecified atom stereocenters. The lowest BCUT2D eigenvalue weighted by Crippen LogP contribution is -2.19. The van der Waals surface area contributed by atoms with Crippen molar-refractivity contribution in [1.82, 2.24) is 9.55 Å². The summed E-state index contributed by atoms with van der Waals surface area (Å²) in [6, 6.07) is 4.66. The first-order valence-corrected chi connectivity index (χ1v) is 4.73. The van der Waals surface area contributed by atoms with Crippen LogP contribution in [0, 0.1) is 0 Å². The van der Waals surface area contributed by atoms with Crippen LogP contribution in [-0.4, -0.2) is 15.7 Å². The van der Waals surface area contributed by atoms with Crippen molar-refractivity contribution in [2.75, 3.05) is 5.73 Å². The summed E-state index contributed by atoms with van der Waals surface area (Å²) in [5.74, 6) is -0.194. The van der Waals surface area contributed by atoms with Gasteiger partial charge in [0.1, 0.15) is 6.54 Å². The second-order valence-electron chi connectivity index (χ2n) is 3.28. The average molecular weight is 250 g/mol. The number of para-hydroxylation sites is 1. The monoisotopic (exact) mass is 249 g/mol. The van der Waals surface area contributed by atoms with Gasteiger partial charge in [-0.3, -0.25) is 4.57 Å². The molecule has 0 radical (unpaired) electrons. The lowest BCUT2D eigenvalue weighted by Gasteiger charge is -2.10. The first-order chi connectivity index (χ1) is 7.38. The van der Waals surface area contributed by atoms with Crippen molar-refractivity contribution >= 4 is 28.6 Å². The fraction of sp³-hybridized carbons (Fsp3) is 0.222. The molecule has 0 amide bonds. The first kappa shape index (κ1) is 11.1. The Balaban J connectivity index is 2.64. The van der Waals surface area contributed by atoms with Crippen molar-refractivity contribution < 1.29 is 13.2 Å². The highest BCUT2D eigenvalue weighted by atomic mass is 35.5. The molecule has 2 rings (SSSR count). The molecule has 0 atom stereocenters. The van der Waals surface area contributed by atoms with Crippen molar-refractivity contribution in [2.24, 2.45) is 0 Å². The van der Waals surface area contributed by atoms with E-state index in [1.807, 2.05) is 0 Å². The molecular formula is C9H7ClF3N3. The highest BCUT2D eigenvalue weighted by molar-refractivity contribution is 6.35. The molecule has 0 saturated heterocycles. The molecule has 0 fully saturated rings. The predicted molar refractivity (Wildman–Crippen MR) is 55.2 cm³/mol. The summed E-state index contributed by atoms with van der Waals surface area (Å²) in [5, 5.41) is 0.200. The molecule has 7 heteroatoms. The molecule has 0 aliphatic carbocycles. The zero-order valence-electron chi connectivity index (χ0n) is 7.92. The van der Waals surface area contributed by atoms with E-state index >= 15 is 0 Å². The van der Waals surface area contributed by atoms with Crippen LogP contribution in [0.5, 0.6) is 0 Å². The normalized spacial score (nSPS) is 12.2. The summed E-state index contributed by atoms with van der Waals surface area (Å²) in [4.78, 5) is 3.81. The van der Waals surface area contributed by atoms with E-state index in [4.69, 9.17) is 17.3 Å². The number of nitrogens with zero attached hydrogens (tertiary/aromatic N) is 2. The number of fused-ring (bicyclic) bond motifs is 1. The number of rotatable bonds is 1. The zero-order valence-corrected chi connectivity index (χ0v) is 8.68. The Bertz CT molecular complexity index is 533. The fourth-order valence-corrected chi connectivity index (χ4v) is 1.77. The molecule has 0 spiro atoms. The molecule has 0 bridgehead atoms. The molecule has 0 aliphatic heterocycles. The van der Waals surface area contributed by atoms with Crippen LogP contribution in [0.25, 0.3) is 11.0 Å². The second kappa shape index (κ2) is 3.55. The van der Waals surface area contributed by atoms with Crippen LogP contribution in [0.1, 0.15) is 0 Å². The van der Waals surface area contributed by atoms with Gasteiger partial charge in [-0.1, -0.05) is 17.7 Å². The Labute approximate surface area is 93.6 Å². The van der Waals surface area contributed by atoms with E-state index < -0.39 is 12.7 Å². The second-order valence-corrected chi connectivity index (χ2v) is 3.69. The maximum atomic E-state index is 12.3. The number of nitrogen functional groups attached to an aromatic ring is 1. The standard InChI is InChI=1S/C9H7ClF3N3/c10-5-2-1-3-6-7(5)16(8(14)15-6)4-9(11,12)13/h1-3H,4H2,(H2,14,15). The van der Waals surface area contributed by atoms with Gasteiger partial charge in [0, 0.05) is 0 Å². The van der Waals surface area contributed by atoms with Gasteiger partial charge in [0.2, 0.25) is 5.95 Å². The zero-order chi connectivity index (χ0) is 11.9. The van der Waals surface area contributed by atoms with E-state index in [9.17, 15) is 13.2 Å². The third-order valence-electron chi connectivity index (χ3n) is 2.08. The number of hydrogen-bond donors (Lipinski definition) is 1. The Kier molecular flexibility index (Phi) is 2.46. The Hall–Kier alpha value is -1.43. The summed E-state index contributed by atoms with van der Waals surface area (Å²) in [7, 11) is 0. The number of hydrogen-bond acceptors (Lipinski definition) is 2. The number of alkyl halides is 3. The summed E-state index contributed by atoms with van der Waals surface area (Å²) >= 11 is 5.82. The fourth-order valence-electron chi connectivity index (χ4n) is 1.50. The Morgan fingerprint density at radius 2 is 2.06 bits per heavy atom. The number of anilines is 1. The molecule has 3 nitrogen and oxygen atoms in total. The number of nitrogens with two attached hydrogens (primary N) is 1. The molecule has 1 aromatic carbocycles. The van der Waals surface area contributed by atoms with Crippen LogP contribution in [0.15, 0.2) is 18.2 Å². The molecule has 0 saturated carbocycles. The minimum absolute atomic E-state index is 0.194. The van der Waals surface area contributed by atoms with E-state index in [0.29, 0.717) is 5.52 Å². The summed E-state index contributed by atoms with van der Waals surface area (Å²) < 4.78 is 37.8. The third-order valence-corrected chi connectivity index (χ3v) is 2.39. The minimum Gasteiger partial charge on any atom is -0.369 e. The van der Waals surface area contributed by atoms with Crippen molar-refractivity contribution in [3.8, 4) is 0 Å². The van der Waals surface area contributed by atoms with E-state index in [1.54, 1.807) is 12.1 Å². The largest absolute Gasteiger partial charge is 0.406 e. The smallest absolute Gasteiger partial charge is 0.369 e. The van der Waals surface area contributed by atoms with Gasteiger partial charge in [-0.15, -0.1) is 0 Å². The lowest BCUT2D eigenvalue weighted by atomic mass is 10.3. The van der Waals surface area contributed by atoms with Gasteiger partial charge < -0.3 is 5.73 Å². The van der Waals surface area contributed by atoms with E-state index in [0.717, 1.165) is 4.57 Å². The maximum absolute atomic E-state index is 12.3. The molecule has 0 aliphatic rings. The van der Waals surface area contributed by atoms with E-state index in [1.165, 1.54) is 6.07 Å². The van der Waals surface area contributed by atoms with Crippen molar-refractivity contribution in [3.05, 3.63) is 23.2 Å². The minimum atomic E-state index is -4.36. The van der Waals surface area contributed by atoms with Gasteiger partial charge in [0.25, 0.3) is 0 Å². The van der Waals surface area contributed by atoms with E-state index in [2.05, 4.69) is 4.98 Å². The van der Waals surface area contributed by atoms with Crippen LogP contribution in [-0.2, 0) is 6.54 Å². The van der Waals surface area contributed by atoms with Crippen LogP contribution in [0.2, 0.25) is 5.02 Å². The van der Waals surface area contributed by atoms with E-state index in [-0.39, 0.29) is 16.5 Å². The number of aromatic nitrogens is 2. The Morgan fingerprint density at radius 3 is 2.69 bits per heavy atom. The van der Waals surface area contributed by atoms with Gasteiger partial charge >= 0.3 is 6.18 Å². The highest BCUT2D eigenvalue weighted by Gasteiger charge is 2.30. The van der Waals surface area contributed by atoms with Crippen molar-refractivity contribution in [3.63, 3.8) is 0 Å². The van der Waals surface area contributed by atoms with Gasteiger partial charge in [-0.2, -0.15) is 13.2 Å². The molecule has 2 aromatic rings. The molecule has 16 heavy (non-hydrogen) atoms. The first-order valence-electron chi connectivity index (χ1n) is 4.35. The number of halogens is 4. The summed E-state index contributed by atoms with van der Waals surface area (Å²) in [6.07, 6.45) is -4.36. The predicted octanol–water partition coefficient (Wildman–Crippen LogP) is 2.83. The van der Waals surface area contributed by atoms with Gasteiger partial charge in [-0.25, -0.2) is 4.98 Å². The lowest BCUT2D eigenvalue weighted by molar-refractivity contribution is -0.139. The SMILES string of the molecule is Nc1nc2cccc(Cl)c2n1CC(F)(F)F. The summed E-state index contributed by atoms with van der Waals surface area (Å²) in [5.41, 5.74) is 5.99. The highest BCUT2D eigenvalue weighted by Crippen LogP contribution is 2.28. The maximum Gasteiger partial charge on any atom is 0.406 e. The number of benzene rings is 1. The Morgan fingerprint density at radius 1 is 1.38 bits per heavy atom. The average Bonchev–Trinajstić information content (AvgIpc) is 2.42. The van der Waals surface area contributed by atoms with Crippen LogP contribution >= 0.6 is 11.6 Å².